The van der Waals surface area contributed by atoms with Gasteiger partial charge in [0.1, 0.15) is 0 Å². The summed E-state index contributed by atoms with van der Waals surface area (Å²) in [5, 5.41) is 0. The van der Waals surface area contributed by atoms with Crippen LogP contribution in [0.25, 0.3) is 0 Å². The molecule has 0 amide bonds. The molecule has 0 radical (unpaired) electrons. The first-order valence-corrected chi connectivity index (χ1v) is 8.69. The zero-order valence-corrected chi connectivity index (χ0v) is 14.7. The molecule has 0 atom stereocenters. The summed E-state index contributed by atoms with van der Waals surface area (Å²) in [5.41, 5.74) is 1.79. The molecule has 21 heavy (non-hydrogen) atoms. The Labute approximate surface area is 135 Å². The molecule has 3 nitrogen and oxygen atoms in total. The second kappa shape index (κ2) is 6.93. The molecule has 0 saturated heterocycles. The monoisotopic (exact) mass is 397 g/mol. The summed E-state index contributed by atoms with van der Waals surface area (Å²) in [6, 6.07) is 12.1. The molecule has 2 aromatic carbocycles. The van der Waals surface area contributed by atoms with Gasteiger partial charge < -0.3 is 0 Å². The van der Waals surface area contributed by atoms with Gasteiger partial charge in [0.25, 0.3) is 0 Å². The number of benzene rings is 2. The fourth-order valence-corrected chi connectivity index (χ4v) is 4.37. The molecule has 4 heteroatoms. The molecule has 0 fully saturated rings. The van der Waals surface area contributed by atoms with E-state index in [1.54, 1.807) is 21.1 Å². The number of rotatable bonds is 5. The molecule has 0 aromatic heterocycles. The van der Waals surface area contributed by atoms with Gasteiger partial charge in [0.15, 0.2) is 0 Å². The van der Waals surface area contributed by atoms with Crippen LogP contribution in [-0.4, -0.2) is 20.0 Å². The predicted molar refractivity (Wildman–Crippen MR) is 78.1 cm³/mol. The molecule has 0 N–H and O–H groups in total. The van der Waals surface area contributed by atoms with Crippen LogP contribution in [0.2, 0.25) is 0 Å². The van der Waals surface area contributed by atoms with Gasteiger partial charge in [-0.15, -0.1) is 0 Å². The third kappa shape index (κ3) is 3.75. The molecule has 0 aliphatic carbocycles. The normalized spacial score (nSPS) is 10.5. The first-order chi connectivity index (χ1) is 10.0. The van der Waals surface area contributed by atoms with Crippen LogP contribution in [0.1, 0.15) is 22.8 Å². The summed E-state index contributed by atoms with van der Waals surface area (Å²) < 4.78 is 13.1. The van der Waals surface area contributed by atoms with Crippen molar-refractivity contribution in [1.29, 1.82) is 0 Å². The van der Waals surface area contributed by atoms with Crippen molar-refractivity contribution in [2.24, 2.45) is 0 Å². The van der Waals surface area contributed by atoms with Gasteiger partial charge in [-0.05, 0) is 0 Å². The number of hydrogen-bond acceptors (Lipinski definition) is 3. The Morgan fingerprint density at radius 1 is 1.05 bits per heavy atom. The Hall–Kier alpha value is -1.56. The van der Waals surface area contributed by atoms with Crippen LogP contribution in [0.4, 0.5) is 0 Å². The van der Waals surface area contributed by atoms with Gasteiger partial charge in [-0.25, -0.2) is 0 Å². The molecule has 0 aliphatic rings. The van der Waals surface area contributed by atoms with Crippen molar-refractivity contribution in [3.05, 3.63) is 54.7 Å². The van der Waals surface area contributed by atoms with Crippen molar-refractivity contribution in [3.8, 4) is 11.5 Å². The molecular formula is C17H18IO3-. The van der Waals surface area contributed by atoms with Gasteiger partial charge in [-0.1, -0.05) is 0 Å². The van der Waals surface area contributed by atoms with Crippen molar-refractivity contribution >= 4 is 5.78 Å². The van der Waals surface area contributed by atoms with Crippen LogP contribution >= 0.6 is 0 Å². The number of ether oxygens (including phenoxy) is 2. The van der Waals surface area contributed by atoms with E-state index >= 15 is 0 Å². The van der Waals surface area contributed by atoms with E-state index in [0.29, 0.717) is 11.3 Å². The summed E-state index contributed by atoms with van der Waals surface area (Å²) in [6.45, 7) is 3.61. The zero-order chi connectivity index (χ0) is 15.4. The third-order valence-electron chi connectivity index (χ3n) is 3.12. The maximum absolute atomic E-state index is 11.6. The zero-order valence-electron chi connectivity index (χ0n) is 12.6. The predicted octanol–water partition coefficient (Wildman–Crippen LogP) is 0.343. The number of halogens is 1. The average Bonchev–Trinajstić information content (AvgIpc) is 2.49. The van der Waals surface area contributed by atoms with Crippen molar-refractivity contribution in [2.45, 2.75) is 13.8 Å². The van der Waals surface area contributed by atoms with Crippen LogP contribution in [0.15, 0.2) is 36.4 Å². The molecule has 112 valence electrons. The summed E-state index contributed by atoms with van der Waals surface area (Å²) in [7, 11) is 3.27. The second-order valence-corrected chi connectivity index (χ2v) is 7.56. The third-order valence-corrected chi connectivity index (χ3v) is 6.21. The van der Waals surface area contributed by atoms with E-state index < -0.39 is 0 Å². The minimum atomic E-state index is -0.313. The Morgan fingerprint density at radius 2 is 1.71 bits per heavy atom. The topological polar surface area (TPSA) is 35.5 Å². The van der Waals surface area contributed by atoms with Crippen LogP contribution in [0.5, 0.6) is 11.5 Å². The van der Waals surface area contributed by atoms with Crippen LogP contribution in [0.3, 0.4) is 0 Å². The van der Waals surface area contributed by atoms with Crippen molar-refractivity contribution in [1.82, 2.24) is 0 Å². The number of Topliss-reactive ketones (excluding diaryl/α,β-unsaturated/α-hetero) is 1. The van der Waals surface area contributed by atoms with E-state index in [1.807, 2.05) is 31.2 Å². The summed E-state index contributed by atoms with van der Waals surface area (Å²) in [4.78, 5) is 11.6. The van der Waals surface area contributed by atoms with E-state index in [2.05, 4.69) is 12.1 Å². The Bertz CT molecular complexity index is 648. The standard InChI is InChI=1S/C17H18IO3/c1-11-9-15(12(2)19)17(21-4)10-16(11)18-13-5-7-14(20-3)8-6-13/h5-10H,1-4H3/q-1. The fraction of sp³-hybridized carbons (Fsp3) is 0.235. The van der Waals surface area contributed by atoms with Crippen molar-refractivity contribution < 1.29 is 35.5 Å². The van der Waals surface area contributed by atoms with Gasteiger partial charge in [-0.2, -0.15) is 0 Å². The Morgan fingerprint density at radius 3 is 2.24 bits per heavy atom. The number of aryl methyl sites for hydroxylation is 1. The molecule has 0 saturated carbocycles. The molecule has 0 aliphatic heterocycles. The fourth-order valence-electron chi connectivity index (χ4n) is 1.96. The van der Waals surface area contributed by atoms with Crippen LogP contribution in [0, 0.1) is 14.1 Å². The second-order valence-electron chi connectivity index (χ2n) is 4.61. The molecule has 2 rings (SSSR count). The van der Waals surface area contributed by atoms with Gasteiger partial charge in [0.05, 0.1) is 0 Å². The Balaban J connectivity index is 2.32. The number of carbonyl (C=O) groups excluding carboxylic acids is 1. The summed E-state index contributed by atoms with van der Waals surface area (Å²) in [6.07, 6.45) is 0. The first kappa shape index (κ1) is 15.8. The number of methoxy groups -OCH3 is 2. The van der Waals surface area contributed by atoms with E-state index in [-0.39, 0.29) is 27.0 Å². The molecule has 0 heterocycles. The first-order valence-electron chi connectivity index (χ1n) is 6.53. The molecule has 0 spiro atoms. The van der Waals surface area contributed by atoms with Gasteiger partial charge in [-0.3, -0.25) is 0 Å². The quantitative estimate of drug-likeness (QED) is 0.540. The molecule has 0 unspecified atom stereocenters. The van der Waals surface area contributed by atoms with E-state index in [9.17, 15) is 4.79 Å². The number of carbonyl (C=O) groups is 1. The van der Waals surface area contributed by atoms with E-state index in [1.165, 1.54) is 7.14 Å². The number of hydrogen-bond donors (Lipinski definition) is 0. The molecular weight excluding hydrogens is 379 g/mol. The van der Waals surface area contributed by atoms with Gasteiger partial charge in [0.2, 0.25) is 0 Å². The molecule has 2 aromatic rings. The minimum absolute atomic E-state index is 0.0316. The Kier molecular flexibility index (Phi) is 5.22. The maximum atomic E-state index is 11.6. The van der Waals surface area contributed by atoms with Gasteiger partial charge >= 0.3 is 135 Å². The van der Waals surface area contributed by atoms with Crippen molar-refractivity contribution in [3.63, 3.8) is 0 Å². The van der Waals surface area contributed by atoms with E-state index in [4.69, 9.17) is 9.47 Å². The average molecular weight is 397 g/mol. The van der Waals surface area contributed by atoms with Crippen molar-refractivity contribution in [2.75, 3.05) is 14.2 Å². The molecule has 0 bridgehead atoms. The van der Waals surface area contributed by atoms with Crippen LogP contribution < -0.4 is 30.7 Å². The summed E-state index contributed by atoms with van der Waals surface area (Å²) >= 11 is -0.313. The van der Waals surface area contributed by atoms with E-state index in [0.717, 1.165) is 11.3 Å². The summed E-state index contributed by atoms with van der Waals surface area (Å²) in [5.74, 6) is 1.56. The van der Waals surface area contributed by atoms with Crippen LogP contribution in [-0.2, 0) is 0 Å². The number of ketones is 1. The van der Waals surface area contributed by atoms with Gasteiger partial charge in [0, 0.05) is 0 Å². The SMILES string of the molecule is COc1ccc([I-]c2cc(OC)c(C(C)=O)cc2C)cc1.